The van der Waals surface area contributed by atoms with E-state index in [0.29, 0.717) is 34.2 Å². The molecule has 1 unspecified atom stereocenters. The molecule has 1 fully saturated rings. The first kappa shape index (κ1) is 62.8. The zero-order chi connectivity index (χ0) is 60.2. The molecule has 2 aromatic heterocycles. The molecule has 3 aliphatic rings. The second-order valence-electron chi connectivity index (χ2n) is 23.7. The summed E-state index contributed by atoms with van der Waals surface area (Å²) in [5, 5.41) is 23.3. The Bertz CT molecular complexity index is 2980. The van der Waals surface area contributed by atoms with Gasteiger partial charge in [0.15, 0.2) is 16.7 Å². The minimum atomic E-state index is -1.69. The van der Waals surface area contributed by atoms with Crippen LogP contribution in [0.2, 0.25) is 0 Å². The summed E-state index contributed by atoms with van der Waals surface area (Å²) < 4.78 is 35.0. The second kappa shape index (κ2) is 24.7. The third-order valence-electron chi connectivity index (χ3n) is 11.8. The van der Waals surface area contributed by atoms with Crippen molar-refractivity contribution >= 4 is 75.7 Å². The number of tetrazole rings is 1. The van der Waals surface area contributed by atoms with Gasteiger partial charge in [-0.15, -0.1) is 28.2 Å². The van der Waals surface area contributed by atoms with Crippen molar-refractivity contribution in [2.45, 2.75) is 156 Å². The van der Waals surface area contributed by atoms with Crippen LogP contribution >= 0.6 is 23.1 Å². The number of thiazole rings is 1. The predicted octanol–water partition coefficient (Wildman–Crippen LogP) is 7.40. The van der Waals surface area contributed by atoms with Crippen LogP contribution in [0.4, 0.5) is 19.5 Å². The van der Waals surface area contributed by atoms with E-state index in [1.54, 1.807) is 125 Å². The monoisotopic (exact) mass is 1160 g/mol. The normalized spacial score (nSPS) is 17.8. The number of anilines is 1. The molecule has 1 aromatic carbocycles. The fourth-order valence-corrected chi connectivity index (χ4v) is 9.93. The van der Waals surface area contributed by atoms with Crippen LogP contribution in [-0.2, 0) is 44.7 Å². The Morgan fingerprint density at radius 3 is 2.11 bits per heavy atom. The van der Waals surface area contributed by atoms with Crippen molar-refractivity contribution < 1.29 is 62.0 Å². The molecule has 25 nitrogen and oxygen atoms in total. The average molecular weight is 1170 g/mol. The molecule has 3 aliphatic heterocycles. The summed E-state index contributed by atoms with van der Waals surface area (Å²) in [6, 6.07) is 3.89. The summed E-state index contributed by atoms with van der Waals surface area (Å²) in [5.74, 6) is -0.450. The van der Waals surface area contributed by atoms with Crippen LogP contribution in [0.5, 0.6) is 11.5 Å². The number of thioether (sulfide) groups is 1. The number of benzene rings is 1. The van der Waals surface area contributed by atoms with E-state index in [0.717, 1.165) is 16.9 Å². The number of methoxy groups -OCH3 is 2. The van der Waals surface area contributed by atoms with Crippen LogP contribution in [0.1, 0.15) is 121 Å². The number of likely N-dealkylation sites (N-methyl/N-ethyl adjacent to an activating group) is 1. The number of β-lactam (4-membered cyclic amide) rings is 1. The van der Waals surface area contributed by atoms with Gasteiger partial charge in [0.25, 0.3) is 11.8 Å². The molecule has 5 heterocycles. The van der Waals surface area contributed by atoms with Crippen molar-refractivity contribution in [3.63, 3.8) is 0 Å². The summed E-state index contributed by atoms with van der Waals surface area (Å²) in [6.45, 7) is 26.3. The maximum atomic E-state index is 14.8. The van der Waals surface area contributed by atoms with E-state index in [1.807, 2.05) is 30.2 Å². The van der Waals surface area contributed by atoms with Crippen molar-refractivity contribution in [1.29, 1.82) is 0 Å². The molecule has 6 rings (SSSR count). The summed E-state index contributed by atoms with van der Waals surface area (Å²) in [7, 11) is 4.69. The van der Waals surface area contributed by atoms with Gasteiger partial charge in [-0.25, -0.2) is 28.8 Å². The lowest BCUT2D eigenvalue weighted by Crippen LogP contribution is -2.70. The molecule has 0 saturated carbocycles. The molecule has 5 amide bonds. The molecule has 442 valence electrons. The average Bonchev–Trinajstić information content (AvgIpc) is 4.20. The van der Waals surface area contributed by atoms with Crippen LogP contribution in [-0.4, -0.2) is 179 Å². The minimum absolute atomic E-state index is 0.0391. The third-order valence-corrected chi connectivity index (χ3v) is 13.8. The van der Waals surface area contributed by atoms with Crippen molar-refractivity contribution in [2.75, 3.05) is 52.0 Å². The highest BCUT2D eigenvalue weighted by atomic mass is 32.2. The lowest BCUT2D eigenvalue weighted by Gasteiger charge is -2.50. The Balaban J connectivity index is 1.33. The highest BCUT2D eigenvalue weighted by Crippen LogP contribution is 2.44. The fourth-order valence-electron chi connectivity index (χ4n) is 7.91. The zero-order valence-corrected chi connectivity index (χ0v) is 51.0. The number of nitrogens with one attached hydrogen (secondary N) is 2. The highest BCUT2D eigenvalue weighted by Gasteiger charge is 2.54. The van der Waals surface area contributed by atoms with Gasteiger partial charge in [-0.1, -0.05) is 5.16 Å². The van der Waals surface area contributed by atoms with E-state index in [1.165, 1.54) is 47.9 Å². The van der Waals surface area contributed by atoms with Crippen molar-refractivity contribution in [3.8, 4) is 11.5 Å². The van der Waals surface area contributed by atoms with E-state index >= 15 is 0 Å². The number of ether oxygens (including phenoxy) is 6. The van der Waals surface area contributed by atoms with Crippen molar-refractivity contribution in [2.24, 2.45) is 5.16 Å². The summed E-state index contributed by atoms with van der Waals surface area (Å²) in [6.07, 6.45) is 3.62. The van der Waals surface area contributed by atoms with Crippen LogP contribution in [0, 0.1) is 0 Å². The van der Waals surface area contributed by atoms with E-state index in [-0.39, 0.29) is 48.9 Å². The number of carbonyl (C=O) groups excluding carboxylic acids is 6. The molecular weight excluding hydrogens is 1090 g/mol. The molecule has 3 atom stereocenters. The summed E-state index contributed by atoms with van der Waals surface area (Å²) >= 11 is 2.38. The number of nitrogens with zero attached hydrogens (tertiary/aromatic N) is 10. The molecule has 2 N–H and O–H groups in total. The Hall–Kier alpha value is -7.42. The molecule has 1 saturated heterocycles. The number of oxime groups is 1. The first-order valence-corrected chi connectivity index (χ1v) is 28.0. The minimum Gasteiger partial charge on any atom is -0.497 e. The van der Waals surface area contributed by atoms with E-state index in [2.05, 4.69) is 36.3 Å². The number of aromatic nitrogens is 5. The Kier molecular flexibility index (Phi) is 19.2. The van der Waals surface area contributed by atoms with Gasteiger partial charge in [0.05, 0.1) is 26.5 Å². The fraction of sp³-hybridized carbons (Fsp3) is 0.574. The summed E-state index contributed by atoms with van der Waals surface area (Å²) in [4.78, 5) is 98.7. The van der Waals surface area contributed by atoms with Crippen LogP contribution in [0.15, 0.2) is 58.4 Å². The Morgan fingerprint density at radius 1 is 0.840 bits per heavy atom. The standard InChI is InChI=1S/C54H76N12O13S2/c1-31-25-34(64(49(72)78-53(11,12)13)24-23-62(16)48(71)77-52(8,9)10)21-22-63(31)27-33-29-80-44-39(43(68)66(44)40(33)41-58-60-61-65(41)28-32-19-20-35(73-17)26-37(32)74-18)56-42(67)38(59-79-54(14,15)45(69)75-50(2,3)4)36-30-81-46(55-36)57-47(70)76-51(5,6)7/h19-22,25-26,30-31,39,44H,23-24,27-29H2,1-18H3,(H,56,67)(H,55,57,70)/b59-38-/t31?,39-,44-/m1/s1. The quantitative estimate of drug-likeness (QED) is 0.0413. The number of hydrogen-bond acceptors (Lipinski definition) is 21. The number of hydrogen-bond donors (Lipinski definition) is 2. The molecular formula is C54H76N12O13S2. The number of esters is 1. The first-order valence-electron chi connectivity index (χ1n) is 26.1. The number of allylic oxidation sites excluding steroid dienone is 1. The lowest BCUT2D eigenvalue weighted by atomic mass is 10.0. The first-order chi connectivity index (χ1) is 37.6. The molecule has 0 bridgehead atoms. The lowest BCUT2D eigenvalue weighted by molar-refractivity contribution is -0.179. The van der Waals surface area contributed by atoms with Crippen molar-refractivity contribution in [3.05, 3.63) is 70.3 Å². The SMILES string of the molecule is COc1ccc(Cn2nnnc2C2=C(CN3C=CC(N(CCN(C)C(=O)OC(C)(C)C)C(=O)OC(C)(C)C)=CC3C)CS[C@@H]3[C@H](NC(=O)/C(=N\OC(C)(C)C(=O)OC(C)(C)C)c4csc(NC(=O)OC(C)(C)C)n4)C(=O)N23)c(OC)c1. The molecule has 0 spiro atoms. The van der Waals surface area contributed by atoms with Gasteiger partial charge in [0.1, 0.15) is 51.0 Å². The highest BCUT2D eigenvalue weighted by molar-refractivity contribution is 8.00. The maximum Gasteiger partial charge on any atom is 0.414 e. The largest absolute Gasteiger partial charge is 0.497 e. The molecule has 27 heteroatoms. The second-order valence-corrected chi connectivity index (χ2v) is 25.7. The van der Waals surface area contributed by atoms with Crippen LogP contribution < -0.4 is 20.1 Å². The zero-order valence-electron chi connectivity index (χ0n) is 49.4. The van der Waals surface area contributed by atoms with E-state index < -0.39 is 81.2 Å². The predicted molar refractivity (Wildman–Crippen MR) is 303 cm³/mol. The molecule has 81 heavy (non-hydrogen) atoms. The van der Waals surface area contributed by atoms with Gasteiger partial charge < -0.3 is 48.4 Å². The van der Waals surface area contributed by atoms with Crippen molar-refractivity contribution in [1.82, 2.24) is 50.1 Å². The third kappa shape index (κ3) is 16.6. The Morgan fingerprint density at radius 2 is 1.49 bits per heavy atom. The van der Waals surface area contributed by atoms with Gasteiger partial charge in [0.2, 0.25) is 5.60 Å². The van der Waals surface area contributed by atoms with Gasteiger partial charge in [-0.2, -0.15) is 0 Å². The number of carbonyl (C=O) groups is 6. The maximum absolute atomic E-state index is 14.8. The Labute approximate surface area is 480 Å². The smallest absolute Gasteiger partial charge is 0.414 e. The van der Waals surface area contributed by atoms with Crippen LogP contribution in [0.3, 0.4) is 0 Å². The van der Waals surface area contributed by atoms with E-state index in [9.17, 15) is 28.8 Å². The number of amides is 5. The molecule has 0 radical (unpaired) electrons. The summed E-state index contributed by atoms with van der Waals surface area (Å²) in [5.41, 5.74) is -2.92. The number of fused-ring (bicyclic) bond motifs is 1. The van der Waals surface area contributed by atoms with E-state index in [4.69, 9.17) is 33.3 Å². The van der Waals surface area contributed by atoms with Gasteiger partial charge in [0, 0.05) is 67.4 Å². The van der Waals surface area contributed by atoms with Crippen LogP contribution in [0.25, 0.3) is 5.70 Å². The molecule has 3 aromatic rings. The topological polar surface area (TPSA) is 273 Å². The van der Waals surface area contributed by atoms with Gasteiger partial charge >= 0.3 is 24.2 Å². The molecule has 0 aliphatic carbocycles. The van der Waals surface area contributed by atoms with Gasteiger partial charge in [-0.05, 0) is 144 Å². The van der Waals surface area contributed by atoms with Gasteiger partial charge in [-0.3, -0.25) is 24.7 Å². The number of rotatable bonds is 18.